The zero-order valence-electron chi connectivity index (χ0n) is 12.3. The fourth-order valence-electron chi connectivity index (χ4n) is 3.00. The first-order valence-electron chi connectivity index (χ1n) is 7.71. The molecule has 2 fully saturated rings. The number of anilines is 2. The Balaban J connectivity index is 1.79. The summed E-state index contributed by atoms with van der Waals surface area (Å²) in [5, 5.41) is 0. The molecule has 0 aliphatic carbocycles. The van der Waals surface area contributed by atoms with Crippen LogP contribution in [0.5, 0.6) is 0 Å². The second kappa shape index (κ2) is 5.92. The van der Waals surface area contributed by atoms with Crippen molar-refractivity contribution in [2.75, 3.05) is 29.4 Å². The van der Waals surface area contributed by atoms with Crippen molar-refractivity contribution in [2.24, 2.45) is 0 Å². The van der Waals surface area contributed by atoms with Gasteiger partial charge in [0.2, 0.25) is 0 Å². The molecular weight excluding hydrogens is 271 g/mol. The lowest BCUT2D eigenvalue weighted by atomic mass is 10.1. The maximum atomic E-state index is 14.4. The molecule has 1 amide bonds. The van der Waals surface area contributed by atoms with Crippen molar-refractivity contribution in [1.82, 2.24) is 0 Å². The van der Waals surface area contributed by atoms with Gasteiger partial charge in [-0.25, -0.2) is 9.18 Å². The lowest BCUT2D eigenvalue weighted by Crippen LogP contribution is -2.30. The normalized spacial score (nSPS) is 22.6. The van der Waals surface area contributed by atoms with E-state index < -0.39 is 0 Å². The summed E-state index contributed by atoms with van der Waals surface area (Å²) < 4.78 is 19.6. The predicted octanol–water partition coefficient (Wildman–Crippen LogP) is 3.55. The second-order valence-corrected chi connectivity index (χ2v) is 5.71. The Kier molecular flexibility index (Phi) is 3.99. The van der Waals surface area contributed by atoms with E-state index in [1.165, 1.54) is 17.4 Å². The predicted molar refractivity (Wildman–Crippen MR) is 80.4 cm³/mol. The van der Waals surface area contributed by atoms with E-state index in [1.54, 1.807) is 6.07 Å². The summed E-state index contributed by atoms with van der Waals surface area (Å²) in [4.78, 5) is 15.4. The molecule has 2 aliphatic heterocycles. The van der Waals surface area contributed by atoms with E-state index in [4.69, 9.17) is 4.74 Å². The van der Waals surface area contributed by atoms with Crippen LogP contribution in [0.1, 0.15) is 32.6 Å². The van der Waals surface area contributed by atoms with Crippen LogP contribution in [0.4, 0.5) is 20.6 Å². The van der Waals surface area contributed by atoms with Gasteiger partial charge in [-0.15, -0.1) is 0 Å². The molecule has 0 N–H and O–H groups in total. The van der Waals surface area contributed by atoms with Gasteiger partial charge >= 0.3 is 6.09 Å². The number of amides is 1. The maximum absolute atomic E-state index is 14.4. The first-order valence-corrected chi connectivity index (χ1v) is 7.71. The van der Waals surface area contributed by atoms with Crippen LogP contribution in [0.15, 0.2) is 18.2 Å². The molecule has 0 spiro atoms. The highest BCUT2D eigenvalue weighted by Crippen LogP contribution is 2.29. The van der Waals surface area contributed by atoms with Gasteiger partial charge in [0.15, 0.2) is 0 Å². The van der Waals surface area contributed by atoms with E-state index in [0.717, 1.165) is 32.4 Å². The van der Waals surface area contributed by atoms with Crippen LogP contribution in [0.25, 0.3) is 0 Å². The van der Waals surface area contributed by atoms with Crippen LogP contribution < -0.4 is 9.80 Å². The van der Waals surface area contributed by atoms with Gasteiger partial charge in [0, 0.05) is 13.1 Å². The average molecular weight is 292 g/mol. The summed E-state index contributed by atoms with van der Waals surface area (Å²) in [7, 11) is 0. The van der Waals surface area contributed by atoms with E-state index in [2.05, 4.69) is 4.90 Å². The highest BCUT2D eigenvalue weighted by atomic mass is 19.1. The van der Waals surface area contributed by atoms with Crippen molar-refractivity contribution < 1.29 is 13.9 Å². The fraction of sp³-hybridized carbons (Fsp3) is 0.562. The Bertz CT molecular complexity index is 529. The first-order chi connectivity index (χ1) is 10.2. The van der Waals surface area contributed by atoms with Crippen molar-refractivity contribution in [3.63, 3.8) is 0 Å². The third-order valence-electron chi connectivity index (χ3n) is 4.27. The number of hydrogen-bond acceptors (Lipinski definition) is 3. The van der Waals surface area contributed by atoms with Crippen molar-refractivity contribution in [3.8, 4) is 0 Å². The Morgan fingerprint density at radius 1 is 1.29 bits per heavy atom. The van der Waals surface area contributed by atoms with Gasteiger partial charge in [0.1, 0.15) is 11.9 Å². The number of rotatable bonds is 3. The third-order valence-corrected chi connectivity index (χ3v) is 4.27. The number of cyclic esters (lactones) is 1. The average Bonchev–Trinajstić information content (AvgIpc) is 2.89. The molecule has 2 aliphatic rings. The van der Waals surface area contributed by atoms with Crippen LogP contribution in [0.2, 0.25) is 0 Å². The summed E-state index contributed by atoms with van der Waals surface area (Å²) in [5.41, 5.74) is 1.22. The molecule has 0 aromatic heterocycles. The van der Waals surface area contributed by atoms with Gasteiger partial charge < -0.3 is 9.64 Å². The molecule has 1 aromatic rings. The minimum Gasteiger partial charge on any atom is -0.444 e. The number of piperidine rings is 1. The Morgan fingerprint density at radius 3 is 2.67 bits per heavy atom. The molecule has 3 rings (SSSR count). The number of hydrogen-bond donors (Lipinski definition) is 0. The smallest absolute Gasteiger partial charge is 0.414 e. The minimum atomic E-state index is -0.382. The van der Waals surface area contributed by atoms with Crippen LogP contribution >= 0.6 is 0 Å². The number of halogens is 1. The molecule has 0 saturated carbocycles. The summed E-state index contributed by atoms with van der Waals surface area (Å²) in [5.74, 6) is -0.262. The fourth-order valence-corrected chi connectivity index (χ4v) is 3.00. The van der Waals surface area contributed by atoms with Crippen LogP contribution in [-0.2, 0) is 4.74 Å². The zero-order valence-corrected chi connectivity index (χ0v) is 12.3. The largest absolute Gasteiger partial charge is 0.444 e. The SMILES string of the molecule is CC[C@H]1CN(c2ccc(N3CCCCC3)c(F)c2)C(=O)O1. The minimum absolute atomic E-state index is 0.0951. The molecule has 2 saturated heterocycles. The lowest BCUT2D eigenvalue weighted by molar-refractivity contribution is 0.139. The van der Waals surface area contributed by atoms with E-state index in [9.17, 15) is 9.18 Å². The highest BCUT2D eigenvalue weighted by molar-refractivity contribution is 5.90. The van der Waals surface area contributed by atoms with Gasteiger partial charge in [-0.3, -0.25) is 4.90 Å². The molecular formula is C16H21FN2O2. The quantitative estimate of drug-likeness (QED) is 0.854. The third kappa shape index (κ3) is 2.82. The van der Waals surface area contributed by atoms with Crippen LogP contribution in [0, 0.1) is 5.82 Å². The van der Waals surface area contributed by atoms with Crippen molar-refractivity contribution >= 4 is 17.5 Å². The topological polar surface area (TPSA) is 32.8 Å². The summed E-state index contributed by atoms with van der Waals surface area (Å²) in [6.07, 6.45) is 3.73. The Morgan fingerprint density at radius 2 is 2.05 bits per heavy atom. The molecule has 4 nitrogen and oxygen atoms in total. The molecule has 114 valence electrons. The van der Waals surface area contributed by atoms with E-state index >= 15 is 0 Å². The van der Waals surface area contributed by atoms with Crippen LogP contribution in [-0.4, -0.2) is 31.8 Å². The van der Waals surface area contributed by atoms with Gasteiger partial charge in [0.05, 0.1) is 17.9 Å². The lowest BCUT2D eigenvalue weighted by Gasteiger charge is -2.29. The summed E-state index contributed by atoms with van der Waals surface area (Å²) in [6.45, 7) is 4.28. The molecule has 1 atom stereocenters. The van der Waals surface area contributed by atoms with Gasteiger partial charge in [0.25, 0.3) is 0 Å². The summed E-state index contributed by atoms with van der Waals surface area (Å²) in [6, 6.07) is 5.04. The molecule has 1 aromatic carbocycles. The Hall–Kier alpha value is -1.78. The molecule has 2 heterocycles. The number of ether oxygens (including phenoxy) is 1. The maximum Gasteiger partial charge on any atom is 0.414 e. The zero-order chi connectivity index (χ0) is 14.8. The van der Waals surface area contributed by atoms with E-state index in [-0.39, 0.29) is 18.0 Å². The molecule has 0 unspecified atom stereocenters. The van der Waals surface area contributed by atoms with Gasteiger partial charge in [-0.05, 0) is 43.9 Å². The second-order valence-electron chi connectivity index (χ2n) is 5.71. The van der Waals surface area contributed by atoms with Crippen molar-refractivity contribution in [1.29, 1.82) is 0 Å². The molecule has 0 bridgehead atoms. The van der Waals surface area contributed by atoms with E-state index in [0.29, 0.717) is 17.9 Å². The molecule has 0 radical (unpaired) electrons. The first kappa shape index (κ1) is 14.2. The monoisotopic (exact) mass is 292 g/mol. The molecule has 5 heteroatoms. The van der Waals surface area contributed by atoms with Gasteiger partial charge in [-0.1, -0.05) is 6.92 Å². The van der Waals surface area contributed by atoms with Crippen molar-refractivity contribution in [3.05, 3.63) is 24.0 Å². The Labute approximate surface area is 124 Å². The number of benzene rings is 1. The van der Waals surface area contributed by atoms with Gasteiger partial charge in [-0.2, -0.15) is 0 Å². The number of carbonyl (C=O) groups excluding carboxylic acids is 1. The van der Waals surface area contributed by atoms with E-state index in [1.807, 2.05) is 13.0 Å². The standard InChI is InChI=1S/C16H21FN2O2/c1-2-13-11-19(16(20)21-13)12-6-7-15(14(17)10-12)18-8-4-3-5-9-18/h6-7,10,13H,2-5,8-9,11H2,1H3/t13-/m0/s1. The summed E-state index contributed by atoms with van der Waals surface area (Å²) >= 11 is 0. The highest BCUT2D eigenvalue weighted by Gasteiger charge is 2.31. The molecule has 21 heavy (non-hydrogen) atoms. The van der Waals surface area contributed by atoms with Crippen LogP contribution in [0.3, 0.4) is 0 Å². The number of nitrogens with zero attached hydrogens (tertiary/aromatic N) is 2. The van der Waals surface area contributed by atoms with Crippen molar-refractivity contribution in [2.45, 2.75) is 38.7 Å². The number of carbonyl (C=O) groups is 1.